The van der Waals surface area contributed by atoms with Crippen LogP contribution in [0.4, 0.5) is 0 Å². The second-order valence-electron chi connectivity index (χ2n) is 5.32. The number of ether oxygens (including phenoxy) is 1. The van der Waals surface area contributed by atoms with Gasteiger partial charge in [-0.3, -0.25) is 9.59 Å². The maximum absolute atomic E-state index is 11.7. The number of rotatable bonds is 6. The van der Waals surface area contributed by atoms with Crippen molar-refractivity contribution in [1.29, 1.82) is 0 Å². The Morgan fingerprint density at radius 2 is 1.95 bits per heavy atom. The largest absolute Gasteiger partial charge is 0.491 e. The molecule has 2 N–H and O–H groups in total. The molecular weight excluding hydrogens is 258 g/mol. The zero-order chi connectivity index (χ0) is 14.7. The third-order valence-corrected chi connectivity index (χ3v) is 3.21. The monoisotopic (exact) mass is 277 g/mol. The van der Waals surface area contributed by atoms with Crippen molar-refractivity contribution in [3.05, 3.63) is 29.8 Å². The lowest BCUT2D eigenvalue weighted by Crippen LogP contribution is -2.25. The molecule has 0 radical (unpaired) electrons. The highest BCUT2D eigenvalue weighted by Crippen LogP contribution is 2.38. The molecular formula is C15H19NO4. The van der Waals surface area contributed by atoms with Crippen molar-refractivity contribution in [1.82, 2.24) is 5.32 Å². The summed E-state index contributed by atoms with van der Waals surface area (Å²) in [5, 5.41) is 11.5. The number of hydrogen-bond acceptors (Lipinski definition) is 3. The summed E-state index contributed by atoms with van der Waals surface area (Å²) in [5.41, 5.74) is 0.960. The molecule has 1 fully saturated rings. The van der Waals surface area contributed by atoms with Gasteiger partial charge < -0.3 is 15.2 Å². The number of carbonyl (C=O) groups excluding carboxylic acids is 1. The molecule has 1 aliphatic carbocycles. The molecule has 0 unspecified atom stereocenters. The molecule has 0 saturated heterocycles. The van der Waals surface area contributed by atoms with Crippen LogP contribution in [0.3, 0.4) is 0 Å². The van der Waals surface area contributed by atoms with Crippen LogP contribution in [0.1, 0.15) is 25.8 Å². The summed E-state index contributed by atoms with van der Waals surface area (Å²) in [4.78, 5) is 22.4. The molecule has 0 bridgehead atoms. The van der Waals surface area contributed by atoms with Crippen LogP contribution in [0.15, 0.2) is 24.3 Å². The van der Waals surface area contributed by atoms with E-state index in [1.807, 2.05) is 38.1 Å². The van der Waals surface area contributed by atoms with Crippen molar-refractivity contribution in [3.63, 3.8) is 0 Å². The fraction of sp³-hybridized carbons (Fsp3) is 0.467. The van der Waals surface area contributed by atoms with E-state index < -0.39 is 11.9 Å². The first kappa shape index (κ1) is 14.4. The van der Waals surface area contributed by atoms with Crippen LogP contribution >= 0.6 is 0 Å². The summed E-state index contributed by atoms with van der Waals surface area (Å²) in [6.45, 7) is 4.33. The van der Waals surface area contributed by atoms with E-state index >= 15 is 0 Å². The molecule has 2 atom stereocenters. The molecule has 5 nitrogen and oxygen atoms in total. The standard InChI is InChI=1S/C15H19NO4/c1-9(2)20-11-5-3-10(4-6-11)8-16-14(17)12-7-13(12)15(18)19/h3-6,9,12-13H,7-8H2,1-2H3,(H,16,17)(H,18,19)/t12-,13+/m0/s1. The molecule has 20 heavy (non-hydrogen) atoms. The van der Waals surface area contributed by atoms with E-state index in [1.165, 1.54) is 0 Å². The number of nitrogens with one attached hydrogen (secondary N) is 1. The summed E-state index contributed by atoms with van der Waals surface area (Å²) >= 11 is 0. The highest BCUT2D eigenvalue weighted by atomic mass is 16.5. The Morgan fingerprint density at radius 3 is 2.45 bits per heavy atom. The quantitative estimate of drug-likeness (QED) is 0.831. The summed E-state index contributed by atoms with van der Waals surface area (Å²) in [7, 11) is 0. The van der Waals surface area contributed by atoms with Crippen molar-refractivity contribution in [2.45, 2.75) is 32.9 Å². The first-order chi connectivity index (χ1) is 9.47. The van der Waals surface area contributed by atoms with Crippen LogP contribution in [0.25, 0.3) is 0 Å². The third kappa shape index (κ3) is 3.73. The van der Waals surface area contributed by atoms with Gasteiger partial charge in [-0.25, -0.2) is 0 Å². The van der Waals surface area contributed by atoms with Crippen LogP contribution in [0.2, 0.25) is 0 Å². The molecule has 1 aliphatic rings. The lowest BCUT2D eigenvalue weighted by Gasteiger charge is -2.10. The predicted molar refractivity (Wildman–Crippen MR) is 73.3 cm³/mol. The number of carboxylic acid groups (broad SMARTS) is 1. The van der Waals surface area contributed by atoms with E-state index in [-0.39, 0.29) is 17.9 Å². The topological polar surface area (TPSA) is 75.6 Å². The van der Waals surface area contributed by atoms with Crippen molar-refractivity contribution >= 4 is 11.9 Å². The number of benzene rings is 1. The number of carboxylic acids is 1. The van der Waals surface area contributed by atoms with Crippen molar-refractivity contribution in [2.75, 3.05) is 0 Å². The van der Waals surface area contributed by atoms with Gasteiger partial charge >= 0.3 is 5.97 Å². The number of amides is 1. The van der Waals surface area contributed by atoms with Crippen molar-refractivity contribution in [2.24, 2.45) is 11.8 Å². The minimum atomic E-state index is -0.889. The van der Waals surface area contributed by atoms with Gasteiger partial charge in [-0.05, 0) is 38.0 Å². The molecule has 1 aromatic carbocycles. The summed E-state index contributed by atoms with van der Waals surface area (Å²) in [6.07, 6.45) is 0.575. The molecule has 0 heterocycles. The van der Waals surface area contributed by atoms with Gasteiger partial charge in [-0.1, -0.05) is 12.1 Å². The van der Waals surface area contributed by atoms with Crippen LogP contribution in [-0.2, 0) is 16.1 Å². The predicted octanol–water partition coefficient (Wildman–Crippen LogP) is 1.81. The van der Waals surface area contributed by atoms with Gasteiger partial charge in [-0.15, -0.1) is 0 Å². The fourth-order valence-electron chi connectivity index (χ4n) is 2.04. The first-order valence-electron chi connectivity index (χ1n) is 6.73. The Labute approximate surface area is 117 Å². The summed E-state index contributed by atoms with van der Waals surface area (Å²) < 4.78 is 5.53. The first-order valence-corrected chi connectivity index (χ1v) is 6.73. The van der Waals surface area contributed by atoms with Gasteiger partial charge in [0.1, 0.15) is 5.75 Å². The average molecular weight is 277 g/mol. The number of aliphatic carboxylic acids is 1. The molecule has 1 amide bonds. The molecule has 1 aromatic rings. The van der Waals surface area contributed by atoms with Crippen LogP contribution < -0.4 is 10.1 Å². The molecule has 2 rings (SSSR count). The molecule has 0 aliphatic heterocycles. The Kier molecular flexibility index (Phi) is 4.27. The molecule has 0 aromatic heterocycles. The second-order valence-corrected chi connectivity index (χ2v) is 5.32. The minimum absolute atomic E-state index is 0.128. The van der Waals surface area contributed by atoms with E-state index in [0.717, 1.165) is 11.3 Å². The minimum Gasteiger partial charge on any atom is -0.491 e. The zero-order valence-corrected chi connectivity index (χ0v) is 11.6. The van der Waals surface area contributed by atoms with Gasteiger partial charge in [-0.2, -0.15) is 0 Å². The lowest BCUT2D eigenvalue weighted by molar-refractivity contribution is -0.140. The SMILES string of the molecule is CC(C)Oc1ccc(CNC(=O)[C@H]2C[C@H]2C(=O)O)cc1. The highest BCUT2D eigenvalue weighted by molar-refractivity contribution is 5.89. The normalized spacial score (nSPS) is 20.6. The van der Waals surface area contributed by atoms with Crippen LogP contribution in [0, 0.1) is 11.8 Å². The molecule has 108 valence electrons. The molecule has 5 heteroatoms. The van der Waals surface area contributed by atoms with E-state index in [0.29, 0.717) is 13.0 Å². The van der Waals surface area contributed by atoms with Crippen molar-refractivity contribution in [3.8, 4) is 5.75 Å². The Balaban J connectivity index is 1.80. The lowest BCUT2D eigenvalue weighted by atomic mass is 10.2. The summed E-state index contributed by atoms with van der Waals surface area (Å²) in [5.74, 6) is -1.14. The molecule has 0 spiro atoms. The maximum Gasteiger partial charge on any atom is 0.307 e. The van der Waals surface area contributed by atoms with Gasteiger partial charge in [0, 0.05) is 6.54 Å². The number of carbonyl (C=O) groups is 2. The molecule has 1 saturated carbocycles. The van der Waals surface area contributed by atoms with E-state index in [2.05, 4.69) is 5.32 Å². The number of hydrogen-bond donors (Lipinski definition) is 2. The van der Waals surface area contributed by atoms with Crippen LogP contribution in [0.5, 0.6) is 5.75 Å². The van der Waals surface area contributed by atoms with Crippen molar-refractivity contribution < 1.29 is 19.4 Å². The average Bonchev–Trinajstić information content (AvgIpc) is 3.17. The van der Waals surface area contributed by atoms with E-state index in [4.69, 9.17) is 9.84 Å². The summed E-state index contributed by atoms with van der Waals surface area (Å²) in [6, 6.07) is 7.50. The highest BCUT2D eigenvalue weighted by Gasteiger charge is 2.48. The Morgan fingerprint density at radius 1 is 1.30 bits per heavy atom. The van der Waals surface area contributed by atoms with E-state index in [1.54, 1.807) is 0 Å². The Hall–Kier alpha value is -2.04. The smallest absolute Gasteiger partial charge is 0.307 e. The maximum atomic E-state index is 11.7. The fourth-order valence-corrected chi connectivity index (χ4v) is 2.04. The van der Waals surface area contributed by atoms with Gasteiger partial charge in [0.25, 0.3) is 0 Å². The zero-order valence-electron chi connectivity index (χ0n) is 11.6. The third-order valence-electron chi connectivity index (χ3n) is 3.21. The van der Waals surface area contributed by atoms with Gasteiger partial charge in [0.15, 0.2) is 0 Å². The second kappa shape index (κ2) is 5.94. The van der Waals surface area contributed by atoms with Gasteiger partial charge in [0.05, 0.1) is 17.9 Å². The van der Waals surface area contributed by atoms with Gasteiger partial charge in [0.2, 0.25) is 5.91 Å². The van der Waals surface area contributed by atoms with E-state index in [9.17, 15) is 9.59 Å². The van der Waals surface area contributed by atoms with Crippen LogP contribution in [-0.4, -0.2) is 23.1 Å². The Bertz CT molecular complexity index is 495.